The number of carbonyl (C=O) groups is 1. The zero-order valence-electron chi connectivity index (χ0n) is 11.3. The molecule has 0 aliphatic carbocycles. The summed E-state index contributed by atoms with van der Waals surface area (Å²) in [6.45, 7) is 3.93. The molecule has 4 nitrogen and oxygen atoms in total. The Balaban J connectivity index is 2.24. The second-order valence-electron chi connectivity index (χ2n) is 4.64. The number of aromatic nitrogens is 2. The van der Waals surface area contributed by atoms with Crippen LogP contribution in [0.4, 0.5) is 0 Å². The molecule has 1 aromatic heterocycles. The SMILES string of the molecule is CCCc1ccc(-c2cn(CC(=O)O)c(C)n2)cc1. The zero-order valence-corrected chi connectivity index (χ0v) is 11.3. The number of hydrogen-bond acceptors (Lipinski definition) is 2. The van der Waals surface area contributed by atoms with Crippen molar-refractivity contribution in [3.63, 3.8) is 0 Å². The smallest absolute Gasteiger partial charge is 0.323 e. The quantitative estimate of drug-likeness (QED) is 0.897. The monoisotopic (exact) mass is 258 g/mol. The summed E-state index contributed by atoms with van der Waals surface area (Å²) in [4.78, 5) is 15.1. The average molecular weight is 258 g/mol. The third kappa shape index (κ3) is 3.22. The Hall–Kier alpha value is -2.10. The lowest BCUT2D eigenvalue weighted by atomic mass is 10.1. The van der Waals surface area contributed by atoms with Crippen molar-refractivity contribution in [3.8, 4) is 11.3 Å². The van der Waals surface area contributed by atoms with Crippen molar-refractivity contribution < 1.29 is 9.90 Å². The van der Waals surface area contributed by atoms with Crippen molar-refractivity contribution in [2.24, 2.45) is 0 Å². The number of rotatable bonds is 5. The van der Waals surface area contributed by atoms with Crippen LogP contribution in [0.5, 0.6) is 0 Å². The normalized spacial score (nSPS) is 10.6. The summed E-state index contributed by atoms with van der Waals surface area (Å²) in [7, 11) is 0. The molecule has 0 radical (unpaired) electrons. The second-order valence-corrected chi connectivity index (χ2v) is 4.64. The molecule has 2 aromatic rings. The molecule has 0 aliphatic heterocycles. The number of carboxylic acids is 1. The number of imidazole rings is 1. The predicted molar refractivity (Wildman–Crippen MR) is 74.0 cm³/mol. The number of hydrogen-bond donors (Lipinski definition) is 1. The Morgan fingerprint density at radius 1 is 1.32 bits per heavy atom. The highest BCUT2D eigenvalue weighted by atomic mass is 16.4. The Morgan fingerprint density at radius 3 is 2.58 bits per heavy atom. The Kier molecular flexibility index (Phi) is 4.00. The molecule has 0 aliphatic rings. The minimum absolute atomic E-state index is 0.0489. The minimum atomic E-state index is -0.856. The van der Waals surface area contributed by atoms with Gasteiger partial charge in [0.1, 0.15) is 12.4 Å². The van der Waals surface area contributed by atoms with Crippen LogP contribution in [0.15, 0.2) is 30.5 Å². The van der Waals surface area contributed by atoms with E-state index in [0.29, 0.717) is 0 Å². The molecule has 0 unspecified atom stereocenters. The standard InChI is InChI=1S/C15H18N2O2/c1-3-4-12-5-7-13(8-6-12)14-9-17(10-15(18)19)11(2)16-14/h5-9H,3-4,10H2,1-2H3,(H,18,19). The van der Waals surface area contributed by atoms with Gasteiger partial charge in [0.2, 0.25) is 0 Å². The van der Waals surface area contributed by atoms with E-state index in [1.165, 1.54) is 5.56 Å². The predicted octanol–water partition coefficient (Wildman–Crippen LogP) is 2.90. The number of nitrogens with zero attached hydrogens (tertiary/aromatic N) is 2. The maximum absolute atomic E-state index is 10.7. The second kappa shape index (κ2) is 5.69. The van der Waals surface area contributed by atoms with Gasteiger partial charge in [-0.2, -0.15) is 0 Å². The van der Waals surface area contributed by atoms with Crippen LogP contribution in [-0.2, 0) is 17.8 Å². The molecule has 0 bridgehead atoms. The van der Waals surface area contributed by atoms with Gasteiger partial charge in [0.25, 0.3) is 0 Å². The van der Waals surface area contributed by atoms with Gasteiger partial charge in [0, 0.05) is 11.8 Å². The highest BCUT2D eigenvalue weighted by Gasteiger charge is 2.08. The van der Waals surface area contributed by atoms with Crippen molar-refractivity contribution >= 4 is 5.97 Å². The molecule has 4 heteroatoms. The molecule has 0 amide bonds. The summed E-state index contributed by atoms with van der Waals surface area (Å²) in [6, 6.07) is 8.28. The average Bonchev–Trinajstić information content (AvgIpc) is 2.71. The van der Waals surface area contributed by atoms with Crippen molar-refractivity contribution in [3.05, 3.63) is 41.9 Å². The molecule has 1 N–H and O–H groups in total. The van der Waals surface area contributed by atoms with E-state index in [4.69, 9.17) is 5.11 Å². The first kappa shape index (κ1) is 13.3. The summed E-state index contributed by atoms with van der Waals surface area (Å²) < 4.78 is 1.65. The molecule has 0 saturated heterocycles. The molecule has 2 rings (SSSR count). The molecular weight excluding hydrogens is 240 g/mol. The molecule has 0 saturated carbocycles. The first-order valence-electron chi connectivity index (χ1n) is 6.45. The van der Waals surface area contributed by atoms with Gasteiger partial charge in [-0.3, -0.25) is 4.79 Å². The summed E-state index contributed by atoms with van der Waals surface area (Å²) in [6.07, 6.45) is 4.00. The van der Waals surface area contributed by atoms with Gasteiger partial charge in [0.05, 0.1) is 5.69 Å². The van der Waals surface area contributed by atoms with Crippen LogP contribution in [0.25, 0.3) is 11.3 Å². The van der Waals surface area contributed by atoms with Crippen molar-refractivity contribution in [1.29, 1.82) is 0 Å². The Labute approximate surface area is 112 Å². The summed E-state index contributed by atoms with van der Waals surface area (Å²) >= 11 is 0. The molecule has 100 valence electrons. The third-order valence-corrected chi connectivity index (χ3v) is 3.07. The van der Waals surface area contributed by atoms with Gasteiger partial charge in [-0.05, 0) is 18.9 Å². The van der Waals surface area contributed by atoms with Crippen LogP contribution in [0.1, 0.15) is 24.7 Å². The number of aliphatic carboxylic acids is 1. The van der Waals surface area contributed by atoms with Crippen LogP contribution in [0, 0.1) is 6.92 Å². The summed E-state index contributed by atoms with van der Waals surface area (Å²) in [5.41, 5.74) is 3.15. The van der Waals surface area contributed by atoms with Crippen molar-refractivity contribution in [1.82, 2.24) is 9.55 Å². The van der Waals surface area contributed by atoms with Crippen LogP contribution < -0.4 is 0 Å². The van der Waals surface area contributed by atoms with Gasteiger partial charge in [-0.1, -0.05) is 37.6 Å². The first-order valence-corrected chi connectivity index (χ1v) is 6.45. The van der Waals surface area contributed by atoms with E-state index >= 15 is 0 Å². The molecule has 0 spiro atoms. The van der Waals surface area contributed by atoms with E-state index in [-0.39, 0.29) is 6.54 Å². The van der Waals surface area contributed by atoms with E-state index in [9.17, 15) is 4.79 Å². The highest BCUT2D eigenvalue weighted by Crippen LogP contribution is 2.19. The number of aryl methyl sites for hydroxylation is 2. The van der Waals surface area contributed by atoms with Crippen molar-refractivity contribution in [2.75, 3.05) is 0 Å². The molecule has 0 fully saturated rings. The van der Waals surface area contributed by atoms with Gasteiger partial charge in [-0.25, -0.2) is 4.98 Å². The zero-order chi connectivity index (χ0) is 13.8. The largest absolute Gasteiger partial charge is 0.480 e. The fourth-order valence-electron chi connectivity index (χ4n) is 2.08. The first-order chi connectivity index (χ1) is 9.10. The van der Waals surface area contributed by atoms with Crippen molar-refractivity contribution in [2.45, 2.75) is 33.2 Å². The highest BCUT2D eigenvalue weighted by molar-refractivity contribution is 5.67. The topological polar surface area (TPSA) is 55.1 Å². The number of carboxylic acid groups (broad SMARTS) is 1. The van der Waals surface area contributed by atoms with Gasteiger partial charge in [-0.15, -0.1) is 0 Å². The van der Waals surface area contributed by atoms with E-state index in [0.717, 1.165) is 29.9 Å². The maximum Gasteiger partial charge on any atom is 0.323 e. The van der Waals surface area contributed by atoms with Crippen LogP contribution >= 0.6 is 0 Å². The van der Waals surface area contributed by atoms with Gasteiger partial charge in [0.15, 0.2) is 0 Å². The lowest BCUT2D eigenvalue weighted by Crippen LogP contribution is -2.08. The lowest BCUT2D eigenvalue weighted by Gasteiger charge is -2.00. The molecule has 1 aromatic carbocycles. The third-order valence-electron chi connectivity index (χ3n) is 3.07. The summed E-state index contributed by atoms with van der Waals surface area (Å²) in [5, 5.41) is 8.82. The summed E-state index contributed by atoms with van der Waals surface area (Å²) in [5.74, 6) is -0.139. The van der Waals surface area contributed by atoms with E-state index in [2.05, 4.69) is 24.0 Å². The number of benzene rings is 1. The van der Waals surface area contributed by atoms with E-state index in [1.807, 2.05) is 19.1 Å². The minimum Gasteiger partial charge on any atom is -0.480 e. The molecule has 0 atom stereocenters. The molecule has 1 heterocycles. The fourth-order valence-corrected chi connectivity index (χ4v) is 2.08. The van der Waals surface area contributed by atoms with Crippen LogP contribution in [0.3, 0.4) is 0 Å². The molecule has 19 heavy (non-hydrogen) atoms. The van der Waals surface area contributed by atoms with Crippen LogP contribution in [-0.4, -0.2) is 20.6 Å². The lowest BCUT2D eigenvalue weighted by molar-refractivity contribution is -0.137. The molecular formula is C15H18N2O2. The van der Waals surface area contributed by atoms with E-state index in [1.54, 1.807) is 10.8 Å². The van der Waals surface area contributed by atoms with Gasteiger partial charge < -0.3 is 9.67 Å². The Bertz CT molecular complexity index is 570. The fraction of sp³-hybridized carbons (Fsp3) is 0.333. The maximum atomic E-state index is 10.7. The Morgan fingerprint density at radius 2 is 2.00 bits per heavy atom. The van der Waals surface area contributed by atoms with Crippen LogP contribution in [0.2, 0.25) is 0 Å². The van der Waals surface area contributed by atoms with Gasteiger partial charge >= 0.3 is 5.97 Å². The van der Waals surface area contributed by atoms with E-state index < -0.39 is 5.97 Å².